The molecule has 0 bridgehead atoms. The van der Waals surface area contributed by atoms with Gasteiger partial charge in [-0.2, -0.15) is 0 Å². The molecule has 0 saturated heterocycles. The summed E-state index contributed by atoms with van der Waals surface area (Å²) < 4.78 is 17.1. The lowest BCUT2D eigenvalue weighted by molar-refractivity contribution is -0.0180. The largest absolute Gasteiger partial charge is 0.467 e. The SMILES string of the molecule is O=C(OCc1cc(Cl)cc2c1OCOC2)c1cccc(I)c1. The maximum Gasteiger partial charge on any atom is 0.338 e. The second kappa shape index (κ2) is 6.85. The average molecular weight is 431 g/mol. The fourth-order valence-corrected chi connectivity index (χ4v) is 3.01. The number of carbonyl (C=O) groups excluding carboxylic acids is 1. The predicted octanol–water partition coefficient (Wildman–Crippen LogP) is 4.17. The molecule has 0 saturated carbocycles. The number of esters is 1. The summed E-state index contributed by atoms with van der Waals surface area (Å²) in [6, 6.07) is 10.8. The molecule has 0 radical (unpaired) electrons. The van der Waals surface area contributed by atoms with Gasteiger partial charge >= 0.3 is 5.97 Å². The van der Waals surface area contributed by atoms with E-state index in [-0.39, 0.29) is 19.4 Å². The Balaban J connectivity index is 1.76. The second-order valence-corrected chi connectivity index (χ2v) is 6.43. The molecule has 0 unspecified atom stereocenters. The molecule has 114 valence electrons. The van der Waals surface area contributed by atoms with Gasteiger partial charge in [-0.25, -0.2) is 4.79 Å². The molecule has 0 amide bonds. The van der Waals surface area contributed by atoms with Crippen LogP contribution in [0.25, 0.3) is 0 Å². The van der Waals surface area contributed by atoms with E-state index < -0.39 is 0 Å². The van der Waals surface area contributed by atoms with Gasteiger partial charge in [-0.3, -0.25) is 0 Å². The van der Waals surface area contributed by atoms with Gasteiger partial charge in [0.05, 0.1) is 12.2 Å². The van der Waals surface area contributed by atoms with Gasteiger partial charge in [0, 0.05) is 19.7 Å². The number of carbonyl (C=O) groups is 1. The number of hydrogen-bond donors (Lipinski definition) is 0. The van der Waals surface area contributed by atoms with Gasteiger partial charge < -0.3 is 14.2 Å². The van der Waals surface area contributed by atoms with Crippen molar-refractivity contribution in [3.8, 4) is 5.75 Å². The van der Waals surface area contributed by atoms with E-state index in [0.717, 1.165) is 14.7 Å². The Bertz CT molecular complexity index is 717. The molecule has 0 aromatic heterocycles. The second-order valence-electron chi connectivity index (χ2n) is 4.75. The summed E-state index contributed by atoms with van der Waals surface area (Å²) in [5.41, 5.74) is 2.12. The summed E-state index contributed by atoms with van der Waals surface area (Å²) in [5, 5.41) is 0.563. The molecule has 2 aromatic rings. The van der Waals surface area contributed by atoms with Crippen LogP contribution < -0.4 is 4.74 Å². The Kier molecular flexibility index (Phi) is 4.85. The highest BCUT2D eigenvalue weighted by Crippen LogP contribution is 2.32. The lowest BCUT2D eigenvalue weighted by Gasteiger charge is -2.21. The molecule has 4 nitrogen and oxygen atoms in total. The first-order valence-corrected chi connectivity index (χ1v) is 8.03. The Labute approximate surface area is 146 Å². The summed E-state index contributed by atoms with van der Waals surface area (Å²) in [6.07, 6.45) is 0. The Morgan fingerprint density at radius 3 is 3.00 bits per heavy atom. The minimum absolute atomic E-state index is 0.104. The van der Waals surface area contributed by atoms with Crippen molar-refractivity contribution < 1.29 is 19.0 Å². The van der Waals surface area contributed by atoms with Crippen molar-refractivity contribution in [3.63, 3.8) is 0 Å². The van der Waals surface area contributed by atoms with Crippen LogP contribution in [0.1, 0.15) is 21.5 Å². The summed E-state index contributed by atoms with van der Waals surface area (Å²) in [5.74, 6) is 0.311. The van der Waals surface area contributed by atoms with Gasteiger partial charge in [-0.1, -0.05) is 17.7 Å². The molecule has 0 N–H and O–H groups in total. The van der Waals surface area contributed by atoms with E-state index in [9.17, 15) is 4.79 Å². The molecule has 2 aromatic carbocycles. The van der Waals surface area contributed by atoms with E-state index >= 15 is 0 Å². The first kappa shape index (κ1) is 15.6. The van der Waals surface area contributed by atoms with Crippen molar-refractivity contribution >= 4 is 40.2 Å². The van der Waals surface area contributed by atoms with Gasteiger partial charge in [-0.15, -0.1) is 0 Å². The summed E-state index contributed by atoms with van der Waals surface area (Å²) in [6.45, 7) is 0.730. The Morgan fingerprint density at radius 1 is 1.32 bits per heavy atom. The maximum atomic E-state index is 12.1. The molecule has 0 atom stereocenters. The van der Waals surface area contributed by atoms with Gasteiger partial charge in [0.15, 0.2) is 6.79 Å². The van der Waals surface area contributed by atoms with Crippen LogP contribution in [0.2, 0.25) is 5.02 Å². The molecule has 6 heteroatoms. The topological polar surface area (TPSA) is 44.8 Å². The third-order valence-corrected chi connectivity index (χ3v) is 4.06. The van der Waals surface area contributed by atoms with E-state index in [1.165, 1.54) is 0 Å². The molecule has 1 aliphatic rings. The van der Waals surface area contributed by atoms with Crippen LogP contribution in [0.15, 0.2) is 36.4 Å². The smallest absolute Gasteiger partial charge is 0.338 e. The maximum absolute atomic E-state index is 12.1. The van der Waals surface area contributed by atoms with Crippen LogP contribution in [-0.4, -0.2) is 12.8 Å². The van der Waals surface area contributed by atoms with E-state index in [4.69, 9.17) is 25.8 Å². The van der Waals surface area contributed by atoms with Crippen molar-refractivity contribution in [2.45, 2.75) is 13.2 Å². The lowest BCUT2D eigenvalue weighted by Crippen LogP contribution is -2.14. The molecule has 22 heavy (non-hydrogen) atoms. The first-order valence-electron chi connectivity index (χ1n) is 6.58. The number of rotatable bonds is 3. The number of benzene rings is 2. The highest BCUT2D eigenvalue weighted by Gasteiger charge is 2.18. The summed E-state index contributed by atoms with van der Waals surface area (Å²) in [4.78, 5) is 12.1. The third kappa shape index (κ3) is 3.53. The van der Waals surface area contributed by atoms with Crippen molar-refractivity contribution in [3.05, 3.63) is 61.7 Å². The van der Waals surface area contributed by atoms with Crippen molar-refractivity contribution in [1.82, 2.24) is 0 Å². The minimum Gasteiger partial charge on any atom is -0.467 e. The van der Waals surface area contributed by atoms with Crippen molar-refractivity contribution in [1.29, 1.82) is 0 Å². The standard InChI is InChI=1S/C16H12ClIO4/c17-13-4-11-7-20-9-22-15(11)12(5-13)8-21-16(19)10-2-1-3-14(18)6-10/h1-6H,7-9H2. The van der Waals surface area contributed by atoms with Gasteiger partial charge in [0.25, 0.3) is 0 Å². The highest BCUT2D eigenvalue weighted by atomic mass is 127. The number of ether oxygens (including phenoxy) is 3. The van der Waals surface area contributed by atoms with Crippen LogP contribution in [0.3, 0.4) is 0 Å². The van der Waals surface area contributed by atoms with Crippen LogP contribution in [0.4, 0.5) is 0 Å². The predicted molar refractivity (Wildman–Crippen MR) is 90.0 cm³/mol. The minimum atomic E-state index is -0.376. The van der Waals surface area contributed by atoms with Crippen molar-refractivity contribution in [2.75, 3.05) is 6.79 Å². The van der Waals surface area contributed by atoms with Crippen LogP contribution >= 0.6 is 34.2 Å². The Hall–Kier alpha value is -1.31. The number of fused-ring (bicyclic) bond motifs is 1. The lowest BCUT2D eigenvalue weighted by atomic mass is 10.1. The van der Waals surface area contributed by atoms with E-state index in [2.05, 4.69) is 22.6 Å². The van der Waals surface area contributed by atoms with E-state index in [0.29, 0.717) is 22.9 Å². The van der Waals surface area contributed by atoms with Crippen LogP contribution in [0, 0.1) is 3.57 Å². The van der Waals surface area contributed by atoms with Gasteiger partial charge in [0.1, 0.15) is 12.4 Å². The van der Waals surface area contributed by atoms with E-state index in [1.807, 2.05) is 12.1 Å². The summed E-state index contributed by atoms with van der Waals surface area (Å²) in [7, 11) is 0. The normalized spacial score (nSPS) is 13.2. The molecular weight excluding hydrogens is 419 g/mol. The van der Waals surface area contributed by atoms with Crippen LogP contribution in [-0.2, 0) is 22.7 Å². The molecule has 0 fully saturated rings. The van der Waals surface area contributed by atoms with Crippen molar-refractivity contribution in [2.24, 2.45) is 0 Å². The summed E-state index contributed by atoms with van der Waals surface area (Å²) >= 11 is 8.23. The average Bonchev–Trinajstić information content (AvgIpc) is 2.52. The third-order valence-electron chi connectivity index (χ3n) is 3.17. The molecule has 1 heterocycles. The molecular formula is C16H12ClIO4. The highest BCUT2D eigenvalue weighted by molar-refractivity contribution is 14.1. The Morgan fingerprint density at radius 2 is 2.18 bits per heavy atom. The van der Waals surface area contributed by atoms with E-state index in [1.54, 1.807) is 24.3 Å². The quantitative estimate of drug-likeness (QED) is 0.542. The fraction of sp³-hybridized carbons (Fsp3) is 0.188. The zero-order chi connectivity index (χ0) is 15.5. The molecule has 0 aliphatic carbocycles. The molecule has 0 spiro atoms. The fourth-order valence-electron chi connectivity index (χ4n) is 2.21. The zero-order valence-corrected chi connectivity index (χ0v) is 14.4. The number of hydrogen-bond acceptors (Lipinski definition) is 4. The zero-order valence-electron chi connectivity index (χ0n) is 11.5. The monoisotopic (exact) mass is 430 g/mol. The first-order chi connectivity index (χ1) is 10.6. The van der Waals surface area contributed by atoms with Crippen LogP contribution in [0.5, 0.6) is 5.75 Å². The van der Waals surface area contributed by atoms with Gasteiger partial charge in [0.2, 0.25) is 0 Å². The molecule has 1 aliphatic heterocycles. The number of halogens is 2. The molecule has 3 rings (SSSR count). The van der Waals surface area contributed by atoms with Gasteiger partial charge in [-0.05, 0) is 52.9 Å².